The molecule has 0 unspecified atom stereocenters. The van der Waals surface area contributed by atoms with Crippen LogP contribution in [0.4, 0.5) is 0 Å². The van der Waals surface area contributed by atoms with Crippen LogP contribution in [0.3, 0.4) is 0 Å². The van der Waals surface area contributed by atoms with Crippen LogP contribution in [0.2, 0.25) is 0 Å². The molecule has 0 radical (unpaired) electrons. The fraction of sp³-hybridized carbons (Fsp3) is 0.450. The van der Waals surface area contributed by atoms with E-state index in [9.17, 15) is 9.59 Å². The molecule has 1 aromatic carbocycles. The molecular formula is C20H26N4O4. The van der Waals surface area contributed by atoms with E-state index >= 15 is 0 Å². The first-order chi connectivity index (χ1) is 13.6. The van der Waals surface area contributed by atoms with Crippen molar-refractivity contribution in [2.75, 3.05) is 46.5 Å². The molecule has 2 N–H and O–H groups in total. The first-order valence-electron chi connectivity index (χ1n) is 9.45. The molecule has 1 aliphatic rings. The number of nitrogens with zero attached hydrogens (tertiary/aromatic N) is 2. The molecule has 2 aromatic rings. The third-order valence-electron chi connectivity index (χ3n) is 4.59. The summed E-state index contributed by atoms with van der Waals surface area (Å²) in [6, 6.07) is 8.72. The van der Waals surface area contributed by atoms with E-state index in [2.05, 4.69) is 20.2 Å². The zero-order chi connectivity index (χ0) is 19.8. The highest BCUT2D eigenvalue weighted by atomic mass is 16.5. The summed E-state index contributed by atoms with van der Waals surface area (Å²) in [6.45, 7) is 4.84. The molecule has 8 heteroatoms. The van der Waals surface area contributed by atoms with Crippen molar-refractivity contribution in [2.45, 2.75) is 12.8 Å². The van der Waals surface area contributed by atoms with Crippen LogP contribution in [0, 0.1) is 0 Å². The summed E-state index contributed by atoms with van der Waals surface area (Å²) < 4.78 is 10.5. The molecule has 0 saturated carbocycles. The maximum atomic E-state index is 12.4. The Hall–Kier alpha value is -2.71. The predicted molar refractivity (Wildman–Crippen MR) is 105 cm³/mol. The van der Waals surface area contributed by atoms with E-state index < -0.39 is 0 Å². The van der Waals surface area contributed by atoms with E-state index in [1.54, 1.807) is 7.11 Å². The largest absolute Gasteiger partial charge is 0.497 e. The molecule has 3 rings (SSSR count). The Labute approximate surface area is 163 Å². The fourth-order valence-corrected chi connectivity index (χ4v) is 3.06. The summed E-state index contributed by atoms with van der Waals surface area (Å²) in [4.78, 5) is 33.6. The standard InChI is InChI=1S/C20H26N4O4/c1-27-16-5-3-15(4-6-16)13-18-22-17(14-19(25)23-18)20(26)21-7-2-8-24-9-11-28-12-10-24/h3-6,14H,2,7-13H2,1H3,(H,21,26)(H,22,23,25). The highest BCUT2D eigenvalue weighted by Crippen LogP contribution is 2.13. The van der Waals surface area contributed by atoms with Crippen LogP contribution in [-0.4, -0.2) is 67.3 Å². The van der Waals surface area contributed by atoms with Crippen LogP contribution in [0.25, 0.3) is 0 Å². The Bertz CT molecular complexity index is 829. The molecule has 0 spiro atoms. The summed E-state index contributed by atoms with van der Waals surface area (Å²) in [5.41, 5.74) is 0.766. The number of carbonyl (C=O) groups excluding carboxylic acids is 1. The fourth-order valence-electron chi connectivity index (χ4n) is 3.06. The van der Waals surface area contributed by atoms with E-state index in [1.165, 1.54) is 6.07 Å². The molecule has 2 heterocycles. The van der Waals surface area contributed by atoms with Gasteiger partial charge >= 0.3 is 0 Å². The Balaban J connectivity index is 1.53. The number of aromatic amines is 1. The molecule has 0 aliphatic carbocycles. The molecule has 28 heavy (non-hydrogen) atoms. The molecule has 1 aliphatic heterocycles. The Morgan fingerprint density at radius 3 is 2.75 bits per heavy atom. The molecule has 1 aromatic heterocycles. The van der Waals surface area contributed by atoms with Gasteiger partial charge in [0.25, 0.3) is 11.5 Å². The van der Waals surface area contributed by atoms with Crippen molar-refractivity contribution in [1.29, 1.82) is 0 Å². The third-order valence-corrected chi connectivity index (χ3v) is 4.59. The van der Waals surface area contributed by atoms with Crippen LogP contribution in [0.15, 0.2) is 35.1 Å². The second kappa shape index (κ2) is 10.0. The molecular weight excluding hydrogens is 360 g/mol. The lowest BCUT2D eigenvalue weighted by Gasteiger charge is -2.26. The summed E-state index contributed by atoms with van der Waals surface area (Å²) >= 11 is 0. The van der Waals surface area contributed by atoms with Crippen LogP contribution in [-0.2, 0) is 11.2 Å². The highest BCUT2D eigenvalue weighted by molar-refractivity contribution is 5.92. The van der Waals surface area contributed by atoms with Gasteiger partial charge in [0.2, 0.25) is 0 Å². The number of aromatic nitrogens is 2. The smallest absolute Gasteiger partial charge is 0.270 e. The van der Waals surface area contributed by atoms with Crippen molar-refractivity contribution in [3.8, 4) is 5.75 Å². The van der Waals surface area contributed by atoms with Crippen molar-refractivity contribution in [3.63, 3.8) is 0 Å². The van der Waals surface area contributed by atoms with Gasteiger partial charge in [0, 0.05) is 32.1 Å². The topological polar surface area (TPSA) is 96.5 Å². The molecule has 1 fully saturated rings. The Morgan fingerprint density at radius 2 is 2.04 bits per heavy atom. The van der Waals surface area contributed by atoms with Gasteiger partial charge in [0.05, 0.1) is 20.3 Å². The van der Waals surface area contributed by atoms with Crippen molar-refractivity contribution in [1.82, 2.24) is 20.2 Å². The number of benzene rings is 1. The van der Waals surface area contributed by atoms with E-state index in [4.69, 9.17) is 9.47 Å². The van der Waals surface area contributed by atoms with E-state index in [-0.39, 0.29) is 17.2 Å². The van der Waals surface area contributed by atoms with Gasteiger partial charge in [0.1, 0.15) is 17.3 Å². The van der Waals surface area contributed by atoms with Gasteiger partial charge in [-0.15, -0.1) is 0 Å². The van der Waals surface area contributed by atoms with Gasteiger partial charge in [-0.2, -0.15) is 0 Å². The zero-order valence-electron chi connectivity index (χ0n) is 16.1. The number of nitrogens with one attached hydrogen (secondary N) is 2. The van der Waals surface area contributed by atoms with Gasteiger partial charge in [0.15, 0.2) is 0 Å². The first-order valence-corrected chi connectivity index (χ1v) is 9.45. The molecule has 8 nitrogen and oxygen atoms in total. The molecule has 0 atom stereocenters. The molecule has 1 saturated heterocycles. The van der Waals surface area contributed by atoms with Crippen molar-refractivity contribution < 1.29 is 14.3 Å². The second-order valence-electron chi connectivity index (χ2n) is 6.67. The minimum Gasteiger partial charge on any atom is -0.497 e. The number of rotatable bonds is 8. The van der Waals surface area contributed by atoms with Crippen molar-refractivity contribution in [3.05, 3.63) is 57.8 Å². The van der Waals surface area contributed by atoms with Crippen LogP contribution in [0.1, 0.15) is 28.3 Å². The lowest BCUT2D eigenvalue weighted by Crippen LogP contribution is -2.38. The lowest BCUT2D eigenvalue weighted by atomic mass is 10.1. The number of morpholine rings is 1. The van der Waals surface area contributed by atoms with Gasteiger partial charge < -0.3 is 19.8 Å². The second-order valence-corrected chi connectivity index (χ2v) is 6.67. The van der Waals surface area contributed by atoms with Crippen molar-refractivity contribution >= 4 is 5.91 Å². The highest BCUT2D eigenvalue weighted by Gasteiger charge is 2.12. The van der Waals surface area contributed by atoms with E-state index in [1.807, 2.05) is 24.3 Å². The Morgan fingerprint density at radius 1 is 1.29 bits per heavy atom. The van der Waals surface area contributed by atoms with Crippen LogP contribution < -0.4 is 15.6 Å². The minimum atomic E-state index is -0.336. The van der Waals surface area contributed by atoms with Crippen molar-refractivity contribution in [2.24, 2.45) is 0 Å². The average molecular weight is 386 g/mol. The molecule has 0 bridgehead atoms. The quantitative estimate of drug-likeness (QED) is 0.652. The van der Waals surface area contributed by atoms with Gasteiger partial charge in [-0.25, -0.2) is 4.98 Å². The SMILES string of the molecule is COc1ccc(Cc2nc(C(=O)NCCCN3CCOCC3)cc(=O)[nH]2)cc1. The number of amides is 1. The van der Waals surface area contributed by atoms with E-state index in [0.29, 0.717) is 18.8 Å². The average Bonchev–Trinajstić information content (AvgIpc) is 2.72. The number of methoxy groups -OCH3 is 1. The normalized spacial score (nSPS) is 14.6. The number of hydrogen-bond acceptors (Lipinski definition) is 6. The predicted octanol–water partition coefficient (Wildman–Crippen LogP) is 0.821. The van der Waals surface area contributed by atoms with Crippen LogP contribution >= 0.6 is 0 Å². The summed E-state index contributed by atoms with van der Waals surface area (Å²) in [7, 11) is 1.61. The monoisotopic (exact) mass is 386 g/mol. The lowest BCUT2D eigenvalue weighted by molar-refractivity contribution is 0.0374. The van der Waals surface area contributed by atoms with Gasteiger partial charge in [-0.05, 0) is 30.7 Å². The zero-order valence-corrected chi connectivity index (χ0v) is 16.1. The first kappa shape index (κ1) is 20.0. The van der Waals surface area contributed by atoms with Gasteiger partial charge in [-0.3, -0.25) is 14.5 Å². The summed E-state index contributed by atoms with van der Waals surface area (Å²) in [5, 5.41) is 2.84. The molecule has 150 valence electrons. The minimum absolute atomic E-state index is 0.138. The van der Waals surface area contributed by atoms with Gasteiger partial charge in [-0.1, -0.05) is 12.1 Å². The number of hydrogen-bond donors (Lipinski definition) is 2. The number of ether oxygens (including phenoxy) is 2. The Kier molecular flexibility index (Phi) is 7.16. The maximum absolute atomic E-state index is 12.4. The third kappa shape index (κ3) is 5.90. The number of carbonyl (C=O) groups is 1. The van der Waals surface area contributed by atoms with E-state index in [0.717, 1.165) is 50.6 Å². The number of H-pyrrole nitrogens is 1. The maximum Gasteiger partial charge on any atom is 0.270 e. The summed E-state index contributed by atoms with van der Waals surface area (Å²) in [6.07, 6.45) is 1.27. The molecule has 1 amide bonds. The van der Waals surface area contributed by atoms with Crippen LogP contribution in [0.5, 0.6) is 5.75 Å². The summed E-state index contributed by atoms with van der Waals surface area (Å²) in [5.74, 6) is 0.885.